The molecule has 1 aliphatic heterocycles. The van der Waals surface area contributed by atoms with Crippen molar-refractivity contribution in [2.24, 2.45) is 0 Å². The molecule has 1 heterocycles. The minimum absolute atomic E-state index is 0.0531. The fraction of sp³-hybridized carbons (Fsp3) is 0.429. The Kier molecular flexibility index (Phi) is 4.16. The molecule has 1 atom stereocenters. The van der Waals surface area contributed by atoms with Crippen LogP contribution in [0.25, 0.3) is 0 Å². The number of esters is 1. The highest BCUT2D eigenvalue weighted by molar-refractivity contribution is 5.98. The maximum Gasteiger partial charge on any atom is 0.338 e. The molecule has 1 amide bonds. The summed E-state index contributed by atoms with van der Waals surface area (Å²) in [5, 5.41) is 6.00. The number of methoxy groups -OCH3 is 1. The molecule has 0 radical (unpaired) electrons. The van der Waals surface area contributed by atoms with Crippen LogP contribution in [0.5, 0.6) is 0 Å². The Morgan fingerprint density at radius 2 is 2.21 bits per heavy atom. The van der Waals surface area contributed by atoms with E-state index in [2.05, 4.69) is 10.6 Å². The van der Waals surface area contributed by atoms with E-state index in [-0.39, 0.29) is 11.9 Å². The number of hydrogen-bond donors (Lipinski definition) is 2. The zero-order valence-corrected chi connectivity index (χ0v) is 11.2. The molecule has 1 aromatic carbocycles. The van der Waals surface area contributed by atoms with Crippen LogP contribution < -0.4 is 10.6 Å². The molecule has 102 valence electrons. The van der Waals surface area contributed by atoms with Gasteiger partial charge in [0.25, 0.3) is 0 Å². The van der Waals surface area contributed by atoms with Gasteiger partial charge in [0.2, 0.25) is 5.91 Å². The molecule has 1 aliphatic rings. The van der Waals surface area contributed by atoms with Gasteiger partial charge in [0.1, 0.15) is 0 Å². The highest BCUT2D eigenvalue weighted by Gasteiger charge is 2.23. The first-order valence-corrected chi connectivity index (χ1v) is 6.35. The lowest BCUT2D eigenvalue weighted by Gasteiger charge is -2.14. The summed E-state index contributed by atoms with van der Waals surface area (Å²) in [5.74, 6) is -0.449. The van der Waals surface area contributed by atoms with Gasteiger partial charge >= 0.3 is 5.97 Å². The number of amides is 1. The number of ether oxygens (including phenoxy) is 1. The summed E-state index contributed by atoms with van der Waals surface area (Å²) in [7, 11) is 1.34. The molecule has 5 heteroatoms. The fourth-order valence-corrected chi connectivity index (χ4v) is 2.23. The van der Waals surface area contributed by atoms with Crippen LogP contribution in [-0.4, -0.2) is 31.6 Å². The first-order valence-electron chi connectivity index (χ1n) is 6.35. The Labute approximate surface area is 112 Å². The summed E-state index contributed by atoms with van der Waals surface area (Å²) < 4.78 is 4.71. The van der Waals surface area contributed by atoms with Gasteiger partial charge in [0.15, 0.2) is 0 Å². The SMILES string of the molecule is COC(=O)c1cccc(NC(=O)[C@@H]2CCCN2)c1C. The van der Waals surface area contributed by atoms with Crippen LogP contribution in [0.15, 0.2) is 18.2 Å². The van der Waals surface area contributed by atoms with E-state index < -0.39 is 5.97 Å². The van der Waals surface area contributed by atoms with Gasteiger partial charge in [0, 0.05) is 5.69 Å². The van der Waals surface area contributed by atoms with Gasteiger partial charge in [-0.05, 0) is 44.0 Å². The molecule has 19 heavy (non-hydrogen) atoms. The Hall–Kier alpha value is -1.88. The van der Waals surface area contributed by atoms with Crippen molar-refractivity contribution in [3.63, 3.8) is 0 Å². The molecule has 0 aromatic heterocycles. The van der Waals surface area contributed by atoms with Crippen molar-refractivity contribution in [1.29, 1.82) is 0 Å². The normalized spacial score (nSPS) is 18.1. The van der Waals surface area contributed by atoms with E-state index in [1.165, 1.54) is 7.11 Å². The molecular weight excluding hydrogens is 244 g/mol. The molecule has 0 saturated carbocycles. The van der Waals surface area contributed by atoms with Crippen LogP contribution in [0.1, 0.15) is 28.8 Å². The van der Waals surface area contributed by atoms with E-state index in [0.29, 0.717) is 11.3 Å². The van der Waals surface area contributed by atoms with E-state index in [1.54, 1.807) is 25.1 Å². The monoisotopic (exact) mass is 262 g/mol. The second kappa shape index (κ2) is 5.84. The minimum Gasteiger partial charge on any atom is -0.465 e. The second-order valence-corrected chi connectivity index (χ2v) is 4.61. The molecule has 1 saturated heterocycles. The van der Waals surface area contributed by atoms with Crippen molar-refractivity contribution >= 4 is 17.6 Å². The van der Waals surface area contributed by atoms with Gasteiger partial charge in [-0.1, -0.05) is 6.07 Å². The first-order chi connectivity index (χ1) is 9.13. The second-order valence-electron chi connectivity index (χ2n) is 4.61. The van der Waals surface area contributed by atoms with Crippen molar-refractivity contribution in [2.75, 3.05) is 19.0 Å². The number of anilines is 1. The van der Waals surface area contributed by atoms with Crippen molar-refractivity contribution in [2.45, 2.75) is 25.8 Å². The topological polar surface area (TPSA) is 67.4 Å². The summed E-state index contributed by atoms with van der Waals surface area (Å²) in [6.07, 6.45) is 1.86. The maximum atomic E-state index is 12.0. The van der Waals surface area contributed by atoms with Crippen molar-refractivity contribution in [3.05, 3.63) is 29.3 Å². The van der Waals surface area contributed by atoms with Gasteiger partial charge in [-0.3, -0.25) is 4.79 Å². The molecule has 0 spiro atoms. The third-order valence-electron chi connectivity index (χ3n) is 3.37. The smallest absolute Gasteiger partial charge is 0.338 e. The lowest BCUT2D eigenvalue weighted by atomic mass is 10.1. The zero-order valence-electron chi connectivity index (χ0n) is 11.2. The van der Waals surface area contributed by atoms with Crippen LogP contribution >= 0.6 is 0 Å². The molecule has 5 nitrogen and oxygen atoms in total. The number of carbonyl (C=O) groups excluding carboxylic acids is 2. The predicted molar refractivity (Wildman–Crippen MR) is 72.2 cm³/mol. The lowest BCUT2D eigenvalue weighted by Crippen LogP contribution is -2.35. The summed E-state index contributed by atoms with van der Waals surface area (Å²) in [6, 6.07) is 5.07. The molecule has 1 aromatic rings. The number of carbonyl (C=O) groups is 2. The third-order valence-corrected chi connectivity index (χ3v) is 3.37. The van der Waals surface area contributed by atoms with Crippen LogP contribution in [0.2, 0.25) is 0 Å². The third kappa shape index (κ3) is 2.93. The minimum atomic E-state index is -0.396. The Morgan fingerprint density at radius 3 is 2.84 bits per heavy atom. The molecular formula is C14H18N2O3. The molecule has 1 fully saturated rings. The number of nitrogens with one attached hydrogen (secondary N) is 2. The number of benzene rings is 1. The summed E-state index contributed by atoms with van der Waals surface area (Å²) in [6.45, 7) is 2.67. The Balaban J connectivity index is 2.16. The van der Waals surface area contributed by atoms with Crippen LogP contribution in [0.3, 0.4) is 0 Å². The highest BCUT2D eigenvalue weighted by Crippen LogP contribution is 2.20. The Bertz CT molecular complexity index is 493. The molecule has 0 unspecified atom stereocenters. The van der Waals surface area contributed by atoms with Crippen molar-refractivity contribution in [3.8, 4) is 0 Å². The summed E-state index contributed by atoms with van der Waals surface area (Å²) >= 11 is 0. The standard InChI is InChI=1S/C14H18N2O3/c1-9-10(14(18)19-2)5-3-6-11(9)16-13(17)12-7-4-8-15-12/h3,5-6,12,15H,4,7-8H2,1-2H3,(H,16,17)/t12-/m0/s1. The van der Waals surface area contributed by atoms with E-state index in [1.807, 2.05) is 0 Å². The van der Waals surface area contributed by atoms with E-state index >= 15 is 0 Å². The average Bonchev–Trinajstić information content (AvgIpc) is 2.94. The van der Waals surface area contributed by atoms with Gasteiger partial charge in [-0.2, -0.15) is 0 Å². The van der Waals surface area contributed by atoms with Gasteiger partial charge in [0.05, 0.1) is 18.7 Å². The summed E-state index contributed by atoms with van der Waals surface area (Å²) in [4.78, 5) is 23.6. The largest absolute Gasteiger partial charge is 0.465 e. The van der Waals surface area contributed by atoms with E-state index in [9.17, 15) is 9.59 Å². The number of hydrogen-bond acceptors (Lipinski definition) is 4. The Morgan fingerprint density at radius 1 is 1.42 bits per heavy atom. The van der Waals surface area contributed by atoms with Gasteiger partial charge in [-0.15, -0.1) is 0 Å². The molecule has 0 aliphatic carbocycles. The highest BCUT2D eigenvalue weighted by atomic mass is 16.5. The maximum absolute atomic E-state index is 12.0. The predicted octanol–water partition coefficient (Wildman–Crippen LogP) is 1.47. The molecule has 2 N–H and O–H groups in total. The fourth-order valence-electron chi connectivity index (χ4n) is 2.23. The first kappa shape index (κ1) is 13.5. The van der Waals surface area contributed by atoms with Gasteiger partial charge < -0.3 is 15.4 Å². The van der Waals surface area contributed by atoms with E-state index in [4.69, 9.17) is 4.74 Å². The molecule has 0 bridgehead atoms. The average molecular weight is 262 g/mol. The van der Waals surface area contributed by atoms with E-state index in [0.717, 1.165) is 24.9 Å². The van der Waals surface area contributed by atoms with Gasteiger partial charge in [-0.25, -0.2) is 4.79 Å². The van der Waals surface area contributed by atoms with Crippen LogP contribution in [0.4, 0.5) is 5.69 Å². The summed E-state index contributed by atoms with van der Waals surface area (Å²) in [5.41, 5.74) is 1.85. The van der Waals surface area contributed by atoms with Crippen molar-refractivity contribution in [1.82, 2.24) is 5.32 Å². The zero-order chi connectivity index (χ0) is 13.8. The number of rotatable bonds is 3. The quantitative estimate of drug-likeness (QED) is 0.810. The van der Waals surface area contributed by atoms with Crippen LogP contribution in [-0.2, 0) is 9.53 Å². The van der Waals surface area contributed by atoms with Crippen molar-refractivity contribution < 1.29 is 14.3 Å². The molecule has 2 rings (SSSR count). The van der Waals surface area contributed by atoms with Crippen LogP contribution in [0, 0.1) is 6.92 Å². The lowest BCUT2D eigenvalue weighted by molar-refractivity contribution is -0.117.